The van der Waals surface area contributed by atoms with E-state index in [0.29, 0.717) is 25.0 Å². The number of carbonyl (C=O) groups excluding carboxylic acids is 1. The highest BCUT2D eigenvalue weighted by Gasteiger charge is 2.49. The minimum absolute atomic E-state index is 0.226. The second kappa shape index (κ2) is 8.28. The lowest BCUT2D eigenvalue weighted by Crippen LogP contribution is -3.12. The van der Waals surface area contributed by atoms with Crippen molar-refractivity contribution in [2.75, 3.05) is 19.6 Å². The Kier molecular flexibility index (Phi) is 6.61. The third-order valence-corrected chi connectivity index (χ3v) is 5.57. The molecule has 0 unspecified atom stereocenters. The van der Waals surface area contributed by atoms with Gasteiger partial charge in [0.25, 0.3) is 0 Å². The number of allylic oxidation sites excluding steroid dienone is 1. The molecule has 0 aromatic carbocycles. The Morgan fingerprint density at radius 1 is 1.33 bits per heavy atom. The Bertz CT molecular complexity index is 498. The normalized spacial score (nSPS) is 36.9. The molecule has 5 atom stereocenters. The van der Waals surface area contributed by atoms with Gasteiger partial charge in [0.15, 0.2) is 0 Å². The maximum Gasteiger partial charge on any atom is 0.315 e. The Hall–Kier alpha value is -1.17. The number of hydrogen-bond acceptors (Lipinski definition) is 4. The number of rotatable bonds is 4. The number of fused-ring (bicyclic) bond motifs is 1. The Labute approximate surface area is 145 Å². The minimum atomic E-state index is -0.704. The van der Waals surface area contributed by atoms with Gasteiger partial charge in [0, 0.05) is 12.3 Å². The molecule has 1 fully saturated rings. The van der Waals surface area contributed by atoms with Crippen molar-refractivity contribution in [3.8, 4) is 0 Å². The Morgan fingerprint density at radius 2 is 2.00 bits per heavy atom. The summed E-state index contributed by atoms with van der Waals surface area (Å²) in [6, 6.07) is 0. The van der Waals surface area contributed by atoms with Gasteiger partial charge in [-0.05, 0) is 39.2 Å². The molecule has 1 aliphatic carbocycles. The number of hydrogen-bond donors (Lipinski definition) is 3. The molecule has 1 saturated heterocycles. The third-order valence-electron chi connectivity index (χ3n) is 5.57. The molecule has 0 aromatic heterocycles. The van der Waals surface area contributed by atoms with Gasteiger partial charge in [0.05, 0.1) is 31.8 Å². The number of carbonyl (C=O) groups is 1. The minimum Gasteiger partial charge on any atom is -0.461 e. The van der Waals surface area contributed by atoms with E-state index in [1.54, 1.807) is 0 Å². The summed E-state index contributed by atoms with van der Waals surface area (Å²) in [5.41, 5.74) is 1.72. The van der Waals surface area contributed by atoms with Crippen molar-refractivity contribution in [1.82, 2.24) is 0 Å². The average Bonchev–Trinajstić information content (AvgIpc) is 2.84. The first-order chi connectivity index (χ1) is 11.4. The van der Waals surface area contributed by atoms with E-state index in [2.05, 4.69) is 20.4 Å². The summed E-state index contributed by atoms with van der Waals surface area (Å²) in [5.74, 6) is -0.813. The number of aliphatic hydroxyl groups is 2. The van der Waals surface area contributed by atoms with Gasteiger partial charge in [-0.1, -0.05) is 18.2 Å². The van der Waals surface area contributed by atoms with Crippen molar-refractivity contribution in [2.45, 2.75) is 58.3 Å². The van der Waals surface area contributed by atoms with Crippen LogP contribution < -0.4 is 4.90 Å². The van der Waals surface area contributed by atoms with Gasteiger partial charge >= 0.3 is 5.97 Å². The summed E-state index contributed by atoms with van der Waals surface area (Å²) in [6.45, 7) is 12.7. The highest BCUT2D eigenvalue weighted by Crippen LogP contribution is 2.36. The van der Waals surface area contributed by atoms with Crippen molar-refractivity contribution in [1.29, 1.82) is 0 Å². The third kappa shape index (κ3) is 4.26. The summed E-state index contributed by atoms with van der Waals surface area (Å²) >= 11 is 0. The molecule has 1 heterocycles. The number of nitrogens with one attached hydrogen (secondary N) is 1. The molecular weight excluding hydrogens is 306 g/mol. The van der Waals surface area contributed by atoms with Gasteiger partial charge in [-0.3, -0.25) is 4.79 Å². The van der Waals surface area contributed by atoms with Crippen LogP contribution in [0.25, 0.3) is 0 Å². The van der Waals surface area contributed by atoms with Gasteiger partial charge in [0.1, 0.15) is 12.0 Å². The standard InChI is InChI=1S/C19H31NO4/c1-5-20(6-2)11-14-18-16(22)9-12(3)7-8-15(21)13(4)10-17(18)24-19(14)23/h9,14-18,21-22H,4-8,10-11H2,1-3H3/p+1/b12-9+/t14-,15-,16+,17-,18-/m0/s1. The molecule has 24 heavy (non-hydrogen) atoms. The van der Waals surface area contributed by atoms with Crippen LogP contribution in [0.4, 0.5) is 0 Å². The van der Waals surface area contributed by atoms with E-state index in [1.165, 1.54) is 4.90 Å². The van der Waals surface area contributed by atoms with Crippen molar-refractivity contribution in [3.63, 3.8) is 0 Å². The van der Waals surface area contributed by atoms with Crippen LogP contribution in [0.15, 0.2) is 23.8 Å². The zero-order chi connectivity index (χ0) is 17.9. The number of esters is 1. The number of ether oxygens (including phenoxy) is 1. The van der Waals surface area contributed by atoms with Crippen LogP contribution in [-0.2, 0) is 9.53 Å². The fourth-order valence-electron chi connectivity index (χ4n) is 3.89. The largest absolute Gasteiger partial charge is 0.461 e. The van der Waals surface area contributed by atoms with Gasteiger partial charge in [-0.2, -0.15) is 0 Å². The fraction of sp³-hybridized carbons (Fsp3) is 0.737. The molecule has 0 spiro atoms. The zero-order valence-electron chi connectivity index (χ0n) is 15.1. The quantitative estimate of drug-likeness (QED) is 0.515. The van der Waals surface area contributed by atoms with E-state index < -0.39 is 18.3 Å². The monoisotopic (exact) mass is 338 g/mol. The highest BCUT2D eigenvalue weighted by molar-refractivity contribution is 5.75. The summed E-state index contributed by atoms with van der Waals surface area (Å²) in [5, 5.41) is 21.0. The average molecular weight is 338 g/mol. The van der Waals surface area contributed by atoms with Gasteiger partial charge in [-0.15, -0.1) is 0 Å². The van der Waals surface area contributed by atoms with Crippen LogP contribution in [0.2, 0.25) is 0 Å². The first-order valence-electron chi connectivity index (χ1n) is 9.12. The van der Waals surface area contributed by atoms with Crippen LogP contribution in [0, 0.1) is 11.8 Å². The second-order valence-electron chi connectivity index (χ2n) is 7.24. The van der Waals surface area contributed by atoms with E-state index >= 15 is 0 Å². The van der Waals surface area contributed by atoms with Crippen LogP contribution in [-0.4, -0.2) is 54.1 Å². The molecular formula is C19H32NO4+. The van der Waals surface area contributed by atoms with Gasteiger partial charge in [-0.25, -0.2) is 0 Å². The molecule has 0 aromatic rings. The Morgan fingerprint density at radius 3 is 2.62 bits per heavy atom. The summed E-state index contributed by atoms with van der Waals surface area (Å²) < 4.78 is 5.61. The van der Waals surface area contributed by atoms with Crippen molar-refractivity contribution in [3.05, 3.63) is 23.8 Å². The summed E-state index contributed by atoms with van der Waals surface area (Å²) in [7, 11) is 0. The smallest absolute Gasteiger partial charge is 0.315 e. The molecule has 2 aliphatic rings. The lowest BCUT2D eigenvalue weighted by Gasteiger charge is -2.28. The van der Waals surface area contributed by atoms with Crippen LogP contribution in [0.1, 0.15) is 40.0 Å². The molecule has 5 heteroatoms. The zero-order valence-corrected chi connectivity index (χ0v) is 15.1. The van der Waals surface area contributed by atoms with Crippen molar-refractivity contribution < 1.29 is 24.6 Å². The second-order valence-corrected chi connectivity index (χ2v) is 7.24. The van der Waals surface area contributed by atoms with E-state index in [4.69, 9.17) is 4.74 Å². The molecule has 0 amide bonds. The number of quaternary nitrogens is 1. The van der Waals surface area contributed by atoms with Gasteiger partial charge < -0.3 is 19.8 Å². The SMILES string of the molecule is C=C1C[C@@H]2OC(=O)[C@@H](C[NH+](CC)CC)[C@H]2[C@H](O)/C=C(\C)CC[C@@H]1O. The molecule has 3 N–H and O–H groups in total. The summed E-state index contributed by atoms with van der Waals surface area (Å²) in [4.78, 5) is 13.8. The summed E-state index contributed by atoms with van der Waals surface area (Å²) in [6.07, 6.45) is 1.87. The van der Waals surface area contributed by atoms with E-state index in [9.17, 15) is 15.0 Å². The molecule has 0 saturated carbocycles. The molecule has 136 valence electrons. The first-order valence-corrected chi connectivity index (χ1v) is 9.12. The fourth-order valence-corrected chi connectivity index (χ4v) is 3.89. The molecule has 0 radical (unpaired) electrons. The first kappa shape index (κ1) is 19.2. The van der Waals surface area contributed by atoms with Gasteiger partial charge in [0.2, 0.25) is 0 Å². The predicted octanol–water partition coefficient (Wildman–Crippen LogP) is 0.477. The maximum absolute atomic E-state index is 12.5. The van der Waals surface area contributed by atoms with E-state index in [1.807, 2.05) is 13.0 Å². The predicted molar refractivity (Wildman–Crippen MR) is 92.5 cm³/mol. The number of aliphatic hydroxyl groups excluding tert-OH is 2. The molecule has 0 bridgehead atoms. The van der Waals surface area contributed by atoms with Crippen LogP contribution >= 0.6 is 0 Å². The molecule has 2 rings (SSSR count). The maximum atomic E-state index is 12.5. The van der Waals surface area contributed by atoms with Crippen molar-refractivity contribution in [2.24, 2.45) is 11.8 Å². The van der Waals surface area contributed by atoms with E-state index in [0.717, 1.165) is 25.1 Å². The molecule has 5 nitrogen and oxygen atoms in total. The Balaban J connectivity index is 2.29. The van der Waals surface area contributed by atoms with E-state index in [-0.39, 0.29) is 17.8 Å². The topological polar surface area (TPSA) is 71.2 Å². The van der Waals surface area contributed by atoms with Crippen molar-refractivity contribution >= 4 is 5.97 Å². The van der Waals surface area contributed by atoms with Crippen LogP contribution in [0.3, 0.4) is 0 Å². The lowest BCUT2D eigenvalue weighted by atomic mass is 9.80. The highest BCUT2D eigenvalue weighted by atomic mass is 16.6. The lowest BCUT2D eigenvalue weighted by molar-refractivity contribution is -0.899. The molecule has 1 aliphatic heterocycles. The van der Waals surface area contributed by atoms with Crippen LogP contribution in [0.5, 0.6) is 0 Å².